The number of amides is 1. The molecule has 1 aliphatic rings. The number of benzene rings is 1. The normalized spacial score (nSPS) is 14.1. The molecule has 1 saturated heterocycles. The Kier molecular flexibility index (Phi) is 8.50. The number of pyridine rings is 1. The van der Waals surface area contributed by atoms with Crippen molar-refractivity contribution in [2.45, 2.75) is 32.4 Å². The molecule has 0 atom stereocenters. The molecule has 3 N–H and O–H groups in total. The number of carbonyl (C=O) groups is 1. The lowest BCUT2D eigenvalue weighted by atomic mass is 10.1. The number of aliphatic imine (C=N–C) groups is 1. The largest absolute Gasteiger partial charge is 0.370 e. The van der Waals surface area contributed by atoms with Gasteiger partial charge in [-0.3, -0.25) is 9.78 Å². The van der Waals surface area contributed by atoms with Crippen LogP contribution in [0.25, 0.3) is 0 Å². The maximum atomic E-state index is 11.9. The van der Waals surface area contributed by atoms with Crippen LogP contribution in [0.15, 0.2) is 53.7 Å². The Balaban J connectivity index is 0.00000261. The van der Waals surface area contributed by atoms with Crippen molar-refractivity contribution in [2.24, 2.45) is 10.7 Å². The van der Waals surface area contributed by atoms with Gasteiger partial charge >= 0.3 is 0 Å². The first-order valence-corrected chi connectivity index (χ1v) is 9.00. The summed E-state index contributed by atoms with van der Waals surface area (Å²) in [4.78, 5) is 22.5. The van der Waals surface area contributed by atoms with Crippen molar-refractivity contribution in [3.05, 3.63) is 65.5 Å². The molecule has 1 aliphatic heterocycles. The van der Waals surface area contributed by atoms with Crippen LogP contribution in [0.5, 0.6) is 0 Å². The molecule has 0 aliphatic carbocycles. The average Bonchev–Trinajstić information content (AvgIpc) is 3.06. The van der Waals surface area contributed by atoms with Gasteiger partial charge in [0.15, 0.2) is 5.96 Å². The zero-order chi connectivity index (χ0) is 18.2. The highest BCUT2D eigenvalue weighted by molar-refractivity contribution is 14.0. The van der Waals surface area contributed by atoms with E-state index in [0.29, 0.717) is 32.0 Å². The number of rotatable bonds is 7. The van der Waals surface area contributed by atoms with E-state index in [1.165, 1.54) is 0 Å². The lowest BCUT2D eigenvalue weighted by Gasteiger charge is -2.17. The predicted molar refractivity (Wildman–Crippen MR) is 118 cm³/mol. The van der Waals surface area contributed by atoms with E-state index in [4.69, 9.17) is 5.73 Å². The van der Waals surface area contributed by atoms with E-state index in [1.54, 1.807) is 6.20 Å². The van der Waals surface area contributed by atoms with Crippen LogP contribution in [0.4, 0.5) is 0 Å². The third kappa shape index (κ3) is 6.50. The first-order chi connectivity index (χ1) is 12.7. The number of likely N-dealkylation sites (tertiary alicyclic amines) is 1. The van der Waals surface area contributed by atoms with Gasteiger partial charge in [-0.25, -0.2) is 4.99 Å². The summed E-state index contributed by atoms with van der Waals surface area (Å²) in [6, 6.07) is 14.0. The molecule has 7 heteroatoms. The van der Waals surface area contributed by atoms with Crippen LogP contribution < -0.4 is 11.1 Å². The molecule has 0 radical (unpaired) electrons. The van der Waals surface area contributed by atoms with Gasteiger partial charge < -0.3 is 16.0 Å². The summed E-state index contributed by atoms with van der Waals surface area (Å²) < 4.78 is 0. The third-order valence-corrected chi connectivity index (χ3v) is 4.48. The summed E-state index contributed by atoms with van der Waals surface area (Å²) in [6.45, 7) is 2.68. The first kappa shape index (κ1) is 21.1. The van der Waals surface area contributed by atoms with E-state index in [2.05, 4.69) is 21.4 Å². The summed E-state index contributed by atoms with van der Waals surface area (Å²) in [6.07, 6.45) is 4.19. The van der Waals surface area contributed by atoms with Crippen molar-refractivity contribution >= 4 is 35.8 Å². The van der Waals surface area contributed by atoms with Gasteiger partial charge in [0.25, 0.3) is 0 Å². The Morgan fingerprint density at radius 1 is 1.19 bits per heavy atom. The fourth-order valence-corrected chi connectivity index (χ4v) is 3.03. The van der Waals surface area contributed by atoms with Crippen LogP contribution in [0.1, 0.15) is 29.7 Å². The molecule has 1 aromatic heterocycles. The number of carbonyl (C=O) groups excluding carboxylic acids is 1. The molecular formula is C20H26IN5O. The Bertz CT molecular complexity index is 766. The molecule has 1 amide bonds. The smallest absolute Gasteiger partial charge is 0.222 e. The molecule has 1 aromatic carbocycles. The van der Waals surface area contributed by atoms with Crippen LogP contribution >= 0.6 is 24.0 Å². The second kappa shape index (κ2) is 10.9. The molecule has 0 unspecified atom stereocenters. The maximum Gasteiger partial charge on any atom is 0.222 e. The summed E-state index contributed by atoms with van der Waals surface area (Å²) >= 11 is 0. The zero-order valence-corrected chi connectivity index (χ0v) is 17.6. The molecule has 1 fully saturated rings. The van der Waals surface area contributed by atoms with Gasteiger partial charge in [-0.05, 0) is 29.7 Å². The minimum Gasteiger partial charge on any atom is -0.370 e. The number of hydrogen-bond donors (Lipinski definition) is 2. The molecular weight excluding hydrogens is 453 g/mol. The van der Waals surface area contributed by atoms with Gasteiger partial charge in [-0.15, -0.1) is 24.0 Å². The average molecular weight is 479 g/mol. The summed E-state index contributed by atoms with van der Waals surface area (Å²) in [7, 11) is 0. The summed E-state index contributed by atoms with van der Waals surface area (Å²) in [5.74, 6) is 0.659. The van der Waals surface area contributed by atoms with E-state index in [0.717, 1.165) is 36.2 Å². The third-order valence-electron chi connectivity index (χ3n) is 4.48. The predicted octanol–water partition coefficient (Wildman–Crippen LogP) is 2.47. The molecule has 27 heavy (non-hydrogen) atoms. The SMILES string of the molecule is I.NC(=NCc1ccccc1CN1CCCC1=O)NCCc1ccccn1. The Hall–Kier alpha value is -2.16. The summed E-state index contributed by atoms with van der Waals surface area (Å²) in [5.41, 5.74) is 9.23. The molecule has 0 saturated carbocycles. The number of halogens is 1. The summed E-state index contributed by atoms with van der Waals surface area (Å²) in [5, 5.41) is 3.12. The number of nitrogens with one attached hydrogen (secondary N) is 1. The molecule has 3 rings (SSSR count). The highest BCUT2D eigenvalue weighted by Gasteiger charge is 2.20. The molecule has 2 aromatic rings. The molecule has 6 nitrogen and oxygen atoms in total. The van der Waals surface area contributed by atoms with Crippen LogP contribution in [0.3, 0.4) is 0 Å². The van der Waals surface area contributed by atoms with Crippen LogP contribution in [-0.4, -0.2) is 34.8 Å². The number of aromatic nitrogens is 1. The minimum absolute atomic E-state index is 0. The molecule has 144 valence electrons. The fraction of sp³-hybridized carbons (Fsp3) is 0.350. The van der Waals surface area contributed by atoms with Gasteiger partial charge in [0.05, 0.1) is 6.54 Å². The van der Waals surface area contributed by atoms with Gasteiger partial charge in [0, 0.05) is 44.4 Å². The van der Waals surface area contributed by atoms with Crippen molar-refractivity contribution in [2.75, 3.05) is 13.1 Å². The fourth-order valence-electron chi connectivity index (χ4n) is 3.03. The van der Waals surface area contributed by atoms with E-state index >= 15 is 0 Å². The molecule has 0 spiro atoms. The highest BCUT2D eigenvalue weighted by atomic mass is 127. The van der Waals surface area contributed by atoms with Crippen molar-refractivity contribution in [3.8, 4) is 0 Å². The van der Waals surface area contributed by atoms with Gasteiger partial charge in [-0.1, -0.05) is 30.3 Å². The van der Waals surface area contributed by atoms with E-state index in [-0.39, 0.29) is 29.9 Å². The van der Waals surface area contributed by atoms with Crippen LogP contribution in [0.2, 0.25) is 0 Å². The highest BCUT2D eigenvalue weighted by Crippen LogP contribution is 2.17. The lowest BCUT2D eigenvalue weighted by molar-refractivity contribution is -0.128. The van der Waals surface area contributed by atoms with Gasteiger partial charge in [0.1, 0.15) is 0 Å². The second-order valence-corrected chi connectivity index (χ2v) is 6.39. The van der Waals surface area contributed by atoms with Crippen molar-refractivity contribution < 1.29 is 4.79 Å². The van der Waals surface area contributed by atoms with Crippen molar-refractivity contribution in [3.63, 3.8) is 0 Å². The minimum atomic E-state index is 0. The number of guanidine groups is 1. The van der Waals surface area contributed by atoms with Crippen molar-refractivity contribution in [1.82, 2.24) is 15.2 Å². The Morgan fingerprint density at radius 2 is 1.96 bits per heavy atom. The molecule has 0 bridgehead atoms. The topological polar surface area (TPSA) is 83.6 Å². The maximum absolute atomic E-state index is 11.9. The van der Waals surface area contributed by atoms with E-state index < -0.39 is 0 Å². The lowest BCUT2D eigenvalue weighted by Crippen LogP contribution is -2.33. The number of nitrogens with two attached hydrogens (primary N) is 1. The van der Waals surface area contributed by atoms with E-state index in [1.807, 2.05) is 41.3 Å². The van der Waals surface area contributed by atoms with Crippen molar-refractivity contribution in [1.29, 1.82) is 0 Å². The Morgan fingerprint density at radius 3 is 2.67 bits per heavy atom. The van der Waals surface area contributed by atoms with Gasteiger partial charge in [-0.2, -0.15) is 0 Å². The second-order valence-electron chi connectivity index (χ2n) is 6.39. The monoisotopic (exact) mass is 479 g/mol. The van der Waals surface area contributed by atoms with E-state index in [9.17, 15) is 4.79 Å². The molecule has 2 heterocycles. The number of hydrogen-bond acceptors (Lipinski definition) is 3. The van der Waals surface area contributed by atoms with Crippen LogP contribution in [-0.2, 0) is 24.3 Å². The zero-order valence-electron chi connectivity index (χ0n) is 15.3. The number of nitrogens with zero attached hydrogens (tertiary/aromatic N) is 3. The Labute approximate surface area is 177 Å². The van der Waals surface area contributed by atoms with Crippen LogP contribution in [0, 0.1) is 0 Å². The standard InChI is InChI=1S/C20H25N5O.HI/c21-20(23-12-10-18-8-3-4-11-22-18)24-14-16-6-1-2-7-17(16)15-25-13-5-9-19(25)26;/h1-4,6-8,11H,5,9-10,12-15H2,(H3,21,23,24);1H. The van der Waals surface area contributed by atoms with Gasteiger partial charge in [0.2, 0.25) is 5.91 Å². The quantitative estimate of drug-likeness (QED) is 0.363. The first-order valence-electron chi connectivity index (χ1n) is 9.00.